The molecule has 4 rings (SSSR count). The first kappa shape index (κ1) is 18.2. The van der Waals surface area contributed by atoms with E-state index in [4.69, 9.17) is 4.52 Å². The van der Waals surface area contributed by atoms with Gasteiger partial charge in [0.15, 0.2) is 0 Å². The Morgan fingerprint density at radius 2 is 2.18 bits per heavy atom. The van der Waals surface area contributed by atoms with Gasteiger partial charge in [0.2, 0.25) is 11.7 Å². The molecule has 146 valence electrons. The third kappa shape index (κ3) is 4.39. The van der Waals surface area contributed by atoms with E-state index in [9.17, 15) is 4.79 Å². The highest BCUT2D eigenvalue weighted by Crippen LogP contribution is 2.19. The first-order valence-corrected chi connectivity index (χ1v) is 9.55. The largest absolute Gasteiger partial charge is 0.337 e. The van der Waals surface area contributed by atoms with Crippen molar-refractivity contribution in [1.29, 1.82) is 0 Å². The van der Waals surface area contributed by atoms with Gasteiger partial charge in [0.1, 0.15) is 0 Å². The summed E-state index contributed by atoms with van der Waals surface area (Å²) in [6.45, 7) is 4.64. The number of likely N-dealkylation sites (tertiary alicyclic amines) is 1. The summed E-state index contributed by atoms with van der Waals surface area (Å²) in [4.78, 5) is 22.9. The van der Waals surface area contributed by atoms with Gasteiger partial charge in [0.25, 0.3) is 0 Å². The van der Waals surface area contributed by atoms with E-state index in [1.54, 1.807) is 6.20 Å². The second-order valence-corrected chi connectivity index (χ2v) is 7.25. The van der Waals surface area contributed by atoms with Crippen LogP contribution in [0.4, 0.5) is 4.79 Å². The van der Waals surface area contributed by atoms with E-state index in [0.29, 0.717) is 17.6 Å². The van der Waals surface area contributed by atoms with Crippen molar-refractivity contribution in [3.63, 3.8) is 0 Å². The number of amides is 2. The average molecular weight is 380 g/mol. The number of nitrogens with zero attached hydrogens (tertiary/aromatic N) is 5. The lowest BCUT2D eigenvalue weighted by atomic mass is 9.98. The fourth-order valence-corrected chi connectivity index (χ4v) is 3.50. The summed E-state index contributed by atoms with van der Waals surface area (Å²) in [5.74, 6) is 1.36. The number of urea groups is 1. The summed E-state index contributed by atoms with van der Waals surface area (Å²) in [6.07, 6.45) is 7.68. The number of rotatable bonds is 5. The van der Waals surface area contributed by atoms with Gasteiger partial charge < -0.3 is 19.3 Å². The minimum Gasteiger partial charge on any atom is -0.337 e. The third-order valence-electron chi connectivity index (χ3n) is 5.00. The van der Waals surface area contributed by atoms with Crippen LogP contribution in [0.15, 0.2) is 47.5 Å². The van der Waals surface area contributed by atoms with Crippen molar-refractivity contribution in [1.82, 2.24) is 29.9 Å². The third-order valence-corrected chi connectivity index (χ3v) is 5.00. The SMILES string of the molecule is Cc1ccc(-c2noc(CNC(=O)N3CCC[C@@H](Cn4ccnc4)C3)n2)cc1. The van der Waals surface area contributed by atoms with Gasteiger partial charge in [-0.1, -0.05) is 35.0 Å². The van der Waals surface area contributed by atoms with Crippen LogP contribution in [0.1, 0.15) is 24.3 Å². The maximum Gasteiger partial charge on any atom is 0.317 e. The lowest BCUT2D eigenvalue weighted by Crippen LogP contribution is -2.46. The molecular weight excluding hydrogens is 356 g/mol. The summed E-state index contributed by atoms with van der Waals surface area (Å²) in [5.41, 5.74) is 2.07. The maximum absolute atomic E-state index is 12.5. The highest BCUT2D eigenvalue weighted by molar-refractivity contribution is 5.74. The smallest absolute Gasteiger partial charge is 0.317 e. The van der Waals surface area contributed by atoms with Crippen molar-refractivity contribution < 1.29 is 9.32 Å². The van der Waals surface area contributed by atoms with Gasteiger partial charge in [-0.05, 0) is 25.7 Å². The molecular formula is C20H24N6O2. The molecule has 8 heteroatoms. The van der Waals surface area contributed by atoms with Gasteiger partial charge in [0, 0.05) is 37.6 Å². The van der Waals surface area contributed by atoms with Crippen LogP contribution < -0.4 is 5.32 Å². The Hall–Kier alpha value is -3.16. The zero-order valence-electron chi connectivity index (χ0n) is 15.9. The van der Waals surface area contributed by atoms with Crippen LogP contribution in [0.2, 0.25) is 0 Å². The molecule has 2 amide bonds. The molecule has 1 N–H and O–H groups in total. The number of aryl methyl sites for hydroxylation is 1. The fourth-order valence-electron chi connectivity index (χ4n) is 3.50. The second-order valence-electron chi connectivity index (χ2n) is 7.25. The van der Waals surface area contributed by atoms with Crippen LogP contribution in [-0.2, 0) is 13.1 Å². The number of hydrogen-bond acceptors (Lipinski definition) is 5. The number of imidazole rings is 1. The molecule has 1 saturated heterocycles. The zero-order chi connectivity index (χ0) is 19.3. The molecule has 8 nitrogen and oxygen atoms in total. The van der Waals surface area contributed by atoms with Gasteiger partial charge in [-0.15, -0.1) is 0 Å². The predicted octanol–water partition coefficient (Wildman–Crippen LogP) is 2.86. The molecule has 1 aliphatic rings. The summed E-state index contributed by atoms with van der Waals surface area (Å²) in [6, 6.07) is 7.83. The highest BCUT2D eigenvalue weighted by atomic mass is 16.5. The van der Waals surface area contributed by atoms with Crippen molar-refractivity contribution in [2.24, 2.45) is 5.92 Å². The molecule has 1 fully saturated rings. The van der Waals surface area contributed by atoms with Crippen LogP contribution in [0.5, 0.6) is 0 Å². The van der Waals surface area contributed by atoms with E-state index < -0.39 is 0 Å². The maximum atomic E-state index is 12.5. The molecule has 1 atom stereocenters. The van der Waals surface area contributed by atoms with E-state index in [1.807, 2.05) is 48.6 Å². The topological polar surface area (TPSA) is 89.1 Å². The Labute approximate surface area is 163 Å². The van der Waals surface area contributed by atoms with E-state index in [1.165, 1.54) is 5.56 Å². The van der Waals surface area contributed by atoms with Gasteiger partial charge in [-0.25, -0.2) is 9.78 Å². The Balaban J connectivity index is 1.30. The standard InChI is InChI=1S/C20H24N6O2/c1-15-4-6-17(7-5-15)19-23-18(28-24-19)11-22-20(27)26-9-2-3-16(13-26)12-25-10-8-21-14-25/h4-8,10,14,16H,2-3,9,11-13H2,1H3,(H,22,27)/t16-/m0/s1. The van der Waals surface area contributed by atoms with Crippen molar-refractivity contribution in [2.75, 3.05) is 13.1 Å². The molecule has 0 unspecified atom stereocenters. The number of aromatic nitrogens is 4. The Bertz CT molecular complexity index is 903. The monoisotopic (exact) mass is 380 g/mol. The van der Waals surface area contributed by atoms with E-state index >= 15 is 0 Å². The number of carbonyl (C=O) groups excluding carboxylic acids is 1. The molecule has 1 aliphatic heterocycles. The van der Waals surface area contributed by atoms with Crippen LogP contribution in [0.25, 0.3) is 11.4 Å². The number of nitrogens with one attached hydrogen (secondary N) is 1. The first-order chi connectivity index (χ1) is 13.7. The first-order valence-electron chi connectivity index (χ1n) is 9.55. The average Bonchev–Trinajstić information content (AvgIpc) is 3.39. The van der Waals surface area contributed by atoms with Crippen LogP contribution in [-0.4, -0.2) is 43.7 Å². The van der Waals surface area contributed by atoms with Gasteiger partial charge in [-0.2, -0.15) is 4.98 Å². The number of hydrogen-bond donors (Lipinski definition) is 1. The minimum absolute atomic E-state index is 0.0922. The van der Waals surface area contributed by atoms with Crippen LogP contribution in [0, 0.1) is 12.8 Å². The molecule has 1 aromatic carbocycles. The van der Waals surface area contributed by atoms with Gasteiger partial charge in [-0.3, -0.25) is 0 Å². The molecule has 3 heterocycles. The molecule has 28 heavy (non-hydrogen) atoms. The van der Waals surface area contributed by atoms with Crippen LogP contribution in [0.3, 0.4) is 0 Å². The van der Waals surface area contributed by atoms with Crippen molar-refractivity contribution in [3.05, 3.63) is 54.4 Å². The van der Waals surface area contributed by atoms with Crippen LogP contribution >= 0.6 is 0 Å². The van der Waals surface area contributed by atoms with Gasteiger partial charge in [0.05, 0.1) is 12.9 Å². The molecule has 0 aliphatic carbocycles. The number of carbonyl (C=O) groups is 1. The van der Waals surface area contributed by atoms with Crippen molar-refractivity contribution in [2.45, 2.75) is 32.9 Å². The zero-order valence-corrected chi connectivity index (χ0v) is 15.9. The van der Waals surface area contributed by atoms with Gasteiger partial charge >= 0.3 is 6.03 Å². The Kier molecular flexibility index (Phi) is 5.36. The molecule has 0 saturated carbocycles. The molecule has 0 spiro atoms. The summed E-state index contributed by atoms with van der Waals surface area (Å²) in [5, 5.41) is 6.89. The number of benzene rings is 1. The van der Waals surface area contributed by atoms with E-state index in [-0.39, 0.29) is 12.6 Å². The summed E-state index contributed by atoms with van der Waals surface area (Å²) >= 11 is 0. The highest BCUT2D eigenvalue weighted by Gasteiger charge is 2.24. The lowest BCUT2D eigenvalue weighted by molar-refractivity contribution is 0.158. The summed E-state index contributed by atoms with van der Waals surface area (Å²) < 4.78 is 7.34. The predicted molar refractivity (Wildman–Crippen MR) is 103 cm³/mol. The fraction of sp³-hybridized carbons (Fsp3) is 0.400. The number of piperidine rings is 1. The lowest BCUT2D eigenvalue weighted by Gasteiger charge is -2.32. The minimum atomic E-state index is -0.0922. The second kappa shape index (κ2) is 8.24. The molecule has 0 bridgehead atoms. The van der Waals surface area contributed by atoms with Crippen molar-refractivity contribution in [3.8, 4) is 11.4 Å². The van der Waals surface area contributed by atoms with Crippen molar-refractivity contribution >= 4 is 6.03 Å². The van der Waals surface area contributed by atoms with E-state index in [0.717, 1.165) is 38.0 Å². The normalized spacial score (nSPS) is 16.9. The Morgan fingerprint density at radius 3 is 2.96 bits per heavy atom. The molecule has 3 aromatic rings. The quantitative estimate of drug-likeness (QED) is 0.735. The Morgan fingerprint density at radius 1 is 1.32 bits per heavy atom. The summed E-state index contributed by atoms with van der Waals surface area (Å²) in [7, 11) is 0. The van der Waals surface area contributed by atoms with E-state index in [2.05, 4.69) is 25.0 Å². The molecule has 2 aromatic heterocycles. The molecule has 0 radical (unpaired) electrons.